The molecular formula is C13H20N8. The van der Waals surface area contributed by atoms with Crippen molar-refractivity contribution in [1.82, 2.24) is 0 Å². The fraction of sp³-hybridized carbons (Fsp3) is 0.231. The van der Waals surface area contributed by atoms with Crippen LogP contribution in [0, 0.1) is 6.92 Å². The van der Waals surface area contributed by atoms with Crippen LogP contribution in [0.15, 0.2) is 38.6 Å². The van der Waals surface area contributed by atoms with Gasteiger partial charge in [0.15, 0.2) is 0 Å². The van der Waals surface area contributed by atoms with Crippen molar-refractivity contribution < 1.29 is 0 Å². The molecule has 0 spiro atoms. The first-order valence-electron chi connectivity index (χ1n) is 6.18. The average Bonchev–Trinajstić information content (AvgIpc) is 2.41. The summed E-state index contributed by atoms with van der Waals surface area (Å²) in [5.74, 6) is -0.180. The highest BCUT2D eigenvalue weighted by Gasteiger charge is 2.04. The number of guanidine groups is 2. The van der Waals surface area contributed by atoms with Crippen molar-refractivity contribution in [3.05, 3.63) is 34.9 Å². The van der Waals surface area contributed by atoms with Crippen LogP contribution in [-0.4, -0.2) is 23.3 Å². The molecule has 1 aromatic carbocycles. The third-order valence-electron chi connectivity index (χ3n) is 2.54. The fourth-order valence-electron chi connectivity index (χ4n) is 1.58. The van der Waals surface area contributed by atoms with Crippen LogP contribution < -0.4 is 22.9 Å². The standard InChI is InChI=1S/C13H20N8/c1-7-4-10(8(2)18-20-12(14)15)6-11(5-7)9(3)19-21-13(16)17/h4-6H,1-3H3,(H4,14,15,20)(H4,16,17,21)/b18-8-,19-9-. The summed E-state index contributed by atoms with van der Waals surface area (Å²) in [6.07, 6.45) is 0. The van der Waals surface area contributed by atoms with E-state index in [2.05, 4.69) is 20.4 Å². The first-order chi connectivity index (χ1) is 9.79. The van der Waals surface area contributed by atoms with Gasteiger partial charge in [0.2, 0.25) is 11.9 Å². The molecule has 0 aliphatic rings. The molecule has 0 aliphatic heterocycles. The summed E-state index contributed by atoms with van der Waals surface area (Å²) >= 11 is 0. The quantitative estimate of drug-likeness (QED) is 0.349. The Hall–Kier alpha value is -2.90. The minimum absolute atomic E-state index is 0.0901. The summed E-state index contributed by atoms with van der Waals surface area (Å²) in [6.45, 7) is 5.59. The molecular weight excluding hydrogens is 268 g/mol. The molecule has 0 saturated carbocycles. The second-order valence-corrected chi connectivity index (χ2v) is 4.51. The Bertz CT molecular complexity index is 579. The number of aryl methyl sites for hydroxylation is 1. The molecule has 0 unspecified atom stereocenters. The maximum Gasteiger partial charge on any atom is 0.211 e. The van der Waals surface area contributed by atoms with Gasteiger partial charge in [-0.15, -0.1) is 10.2 Å². The van der Waals surface area contributed by atoms with E-state index in [0.717, 1.165) is 16.7 Å². The first kappa shape index (κ1) is 16.2. The molecule has 0 saturated heterocycles. The van der Waals surface area contributed by atoms with E-state index in [1.807, 2.05) is 39.0 Å². The molecule has 0 bridgehead atoms. The van der Waals surface area contributed by atoms with Gasteiger partial charge < -0.3 is 22.9 Å². The molecule has 21 heavy (non-hydrogen) atoms. The topological polar surface area (TPSA) is 154 Å². The van der Waals surface area contributed by atoms with E-state index in [0.29, 0.717) is 11.4 Å². The molecule has 1 rings (SSSR count). The maximum absolute atomic E-state index is 5.26. The van der Waals surface area contributed by atoms with Crippen molar-refractivity contribution in [2.75, 3.05) is 0 Å². The van der Waals surface area contributed by atoms with E-state index in [4.69, 9.17) is 22.9 Å². The van der Waals surface area contributed by atoms with Gasteiger partial charge >= 0.3 is 0 Å². The van der Waals surface area contributed by atoms with E-state index in [1.54, 1.807) is 0 Å². The molecule has 0 amide bonds. The highest BCUT2D eigenvalue weighted by molar-refractivity contribution is 6.04. The SMILES string of the molecule is C/C(=N/N=C(N)N)c1cc(C)cc(/C(C)=N\N=C(N)N)c1. The number of nitrogens with zero attached hydrogens (tertiary/aromatic N) is 4. The molecule has 0 aromatic heterocycles. The lowest BCUT2D eigenvalue weighted by atomic mass is 10.0. The van der Waals surface area contributed by atoms with Crippen molar-refractivity contribution in [1.29, 1.82) is 0 Å². The highest BCUT2D eigenvalue weighted by atomic mass is 15.3. The van der Waals surface area contributed by atoms with Crippen LogP contribution >= 0.6 is 0 Å². The molecule has 0 radical (unpaired) electrons. The highest BCUT2D eigenvalue weighted by Crippen LogP contribution is 2.12. The van der Waals surface area contributed by atoms with Gasteiger partial charge in [-0.25, -0.2) is 0 Å². The fourth-order valence-corrected chi connectivity index (χ4v) is 1.58. The van der Waals surface area contributed by atoms with Crippen LogP contribution in [0.3, 0.4) is 0 Å². The Labute approximate surface area is 123 Å². The predicted molar refractivity (Wildman–Crippen MR) is 87.2 cm³/mol. The largest absolute Gasteiger partial charge is 0.369 e. The van der Waals surface area contributed by atoms with Crippen molar-refractivity contribution in [2.24, 2.45) is 43.3 Å². The molecule has 112 valence electrons. The van der Waals surface area contributed by atoms with Gasteiger partial charge in [-0.2, -0.15) is 10.2 Å². The monoisotopic (exact) mass is 288 g/mol. The molecule has 8 nitrogen and oxygen atoms in total. The van der Waals surface area contributed by atoms with Crippen molar-refractivity contribution in [2.45, 2.75) is 20.8 Å². The second kappa shape index (κ2) is 7.04. The van der Waals surface area contributed by atoms with Crippen LogP contribution in [0.1, 0.15) is 30.5 Å². The number of hydrogen-bond acceptors (Lipinski definition) is 4. The van der Waals surface area contributed by atoms with Crippen molar-refractivity contribution in [3.63, 3.8) is 0 Å². The minimum atomic E-state index is -0.0901. The van der Waals surface area contributed by atoms with Crippen LogP contribution in [0.25, 0.3) is 0 Å². The summed E-state index contributed by atoms with van der Waals surface area (Å²) < 4.78 is 0. The zero-order valence-corrected chi connectivity index (χ0v) is 12.3. The van der Waals surface area contributed by atoms with Crippen molar-refractivity contribution >= 4 is 23.3 Å². The summed E-state index contributed by atoms with van der Waals surface area (Å²) in [6, 6.07) is 5.85. The minimum Gasteiger partial charge on any atom is -0.369 e. The molecule has 0 heterocycles. The first-order valence-corrected chi connectivity index (χ1v) is 6.18. The third-order valence-corrected chi connectivity index (χ3v) is 2.54. The van der Waals surface area contributed by atoms with Gasteiger partial charge in [0.25, 0.3) is 0 Å². The average molecular weight is 288 g/mol. The summed E-state index contributed by atoms with van der Waals surface area (Å²) in [4.78, 5) is 0. The third kappa shape index (κ3) is 5.31. The lowest BCUT2D eigenvalue weighted by molar-refractivity contribution is 1.19. The van der Waals surface area contributed by atoms with Gasteiger partial charge in [0.1, 0.15) is 0 Å². The zero-order valence-electron chi connectivity index (χ0n) is 12.3. The molecule has 8 N–H and O–H groups in total. The molecule has 0 atom stereocenters. The van der Waals surface area contributed by atoms with Gasteiger partial charge in [0.05, 0.1) is 11.4 Å². The van der Waals surface area contributed by atoms with Crippen molar-refractivity contribution in [3.8, 4) is 0 Å². The lowest BCUT2D eigenvalue weighted by Crippen LogP contribution is -2.22. The lowest BCUT2D eigenvalue weighted by Gasteiger charge is -2.06. The van der Waals surface area contributed by atoms with Crippen LogP contribution in [0.4, 0.5) is 0 Å². The van der Waals surface area contributed by atoms with E-state index < -0.39 is 0 Å². The Kier molecular flexibility index (Phi) is 5.41. The number of rotatable bonds is 4. The van der Waals surface area contributed by atoms with Crippen LogP contribution in [-0.2, 0) is 0 Å². The smallest absolute Gasteiger partial charge is 0.211 e. The van der Waals surface area contributed by atoms with Crippen LogP contribution in [0.5, 0.6) is 0 Å². The van der Waals surface area contributed by atoms with Crippen LogP contribution in [0.2, 0.25) is 0 Å². The summed E-state index contributed by atoms with van der Waals surface area (Å²) in [5, 5.41) is 15.2. The Morgan fingerprint density at radius 2 is 1.10 bits per heavy atom. The Morgan fingerprint density at radius 3 is 1.43 bits per heavy atom. The second-order valence-electron chi connectivity index (χ2n) is 4.51. The molecule has 8 heteroatoms. The molecule has 0 aliphatic carbocycles. The molecule has 0 fully saturated rings. The summed E-state index contributed by atoms with van der Waals surface area (Å²) in [7, 11) is 0. The number of benzene rings is 1. The number of hydrogen-bond donors (Lipinski definition) is 4. The predicted octanol–water partition coefficient (Wildman–Crippen LogP) is -0.0102. The van der Waals surface area contributed by atoms with E-state index >= 15 is 0 Å². The van der Waals surface area contributed by atoms with E-state index in [-0.39, 0.29) is 11.9 Å². The van der Waals surface area contributed by atoms with Gasteiger partial charge in [-0.3, -0.25) is 0 Å². The Balaban J connectivity index is 3.22. The maximum atomic E-state index is 5.26. The van der Waals surface area contributed by atoms with Gasteiger partial charge in [-0.05, 0) is 43.5 Å². The Morgan fingerprint density at radius 1 is 0.714 bits per heavy atom. The number of nitrogens with two attached hydrogens (primary N) is 4. The van der Waals surface area contributed by atoms with E-state index in [1.165, 1.54) is 0 Å². The van der Waals surface area contributed by atoms with Gasteiger partial charge in [-0.1, -0.05) is 12.1 Å². The zero-order chi connectivity index (χ0) is 16.0. The van der Waals surface area contributed by atoms with E-state index in [9.17, 15) is 0 Å². The molecule has 1 aromatic rings. The normalized spacial score (nSPS) is 12.0. The van der Waals surface area contributed by atoms with Gasteiger partial charge in [0, 0.05) is 0 Å². The summed E-state index contributed by atoms with van der Waals surface area (Å²) in [5.41, 5.74) is 25.2.